The van der Waals surface area contributed by atoms with Crippen LogP contribution in [0, 0.1) is 5.92 Å². The third kappa shape index (κ3) is 2.51. The molecule has 0 bridgehead atoms. The van der Waals surface area contributed by atoms with E-state index in [9.17, 15) is 9.90 Å². The van der Waals surface area contributed by atoms with Crippen molar-refractivity contribution >= 4 is 5.91 Å². The Kier molecular flexibility index (Phi) is 3.53. The molecule has 0 aromatic heterocycles. The molecule has 2 atom stereocenters. The number of hydrogen-bond donors (Lipinski definition) is 2. The Morgan fingerprint density at radius 3 is 3.11 bits per heavy atom. The van der Waals surface area contributed by atoms with Gasteiger partial charge < -0.3 is 15.2 Å². The van der Waals surface area contributed by atoms with Crippen LogP contribution in [0.4, 0.5) is 0 Å². The van der Waals surface area contributed by atoms with E-state index >= 15 is 0 Å². The van der Waals surface area contributed by atoms with Gasteiger partial charge in [-0.05, 0) is 36.5 Å². The molecule has 0 saturated carbocycles. The third-order valence-electron chi connectivity index (χ3n) is 4.04. The molecule has 2 N–H and O–H groups in total. The second-order valence-electron chi connectivity index (χ2n) is 5.34. The first-order chi connectivity index (χ1) is 9.25. The molecular formula is C15H19NO3. The van der Waals surface area contributed by atoms with E-state index in [0.717, 1.165) is 37.0 Å². The van der Waals surface area contributed by atoms with Crippen LogP contribution in [0.3, 0.4) is 0 Å². The van der Waals surface area contributed by atoms with Crippen molar-refractivity contribution < 1.29 is 14.6 Å². The molecule has 4 heteroatoms. The molecule has 0 spiro atoms. The van der Waals surface area contributed by atoms with Crippen LogP contribution in [0.5, 0.6) is 0 Å². The number of rotatable bonds is 2. The largest absolute Gasteiger partial charge is 0.388 e. The number of amides is 1. The molecule has 2 heterocycles. The highest BCUT2D eigenvalue weighted by atomic mass is 16.5. The fourth-order valence-corrected chi connectivity index (χ4v) is 2.90. The topological polar surface area (TPSA) is 58.6 Å². The molecule has 2 aliphatic heterocycles. The summed E-state index contributed by atoms with van der Waals surface area (Å²) in [4.78, 5) is 11.8. The van der Waals surface area contributed by atoms with Crippen molar-refractivity contribution in [2.75, 3.05) is 19.8 Å². The monoisotopic (exact) mass is 261 g/mol. The second-order valence-corrected chi connectivity index (χ2v) is 5.34. The van der Waals surface area contributed by atoms with Crippen LogP contribution >= 0.6 is 0 Å². The van der Waals surface area contributed by atoms with Crippen LogP contribution in [-0.4, -0.2) is 30.8 Å². The molecule has 19 heavy (non-hydrogen) atoms. The molecule has 3 rings (SSSR count). The van der Waals surface area contributed by atoms with Gasteiger partial charge >= 0.3 is 0 Å². The van der Waals surface area contributed by atoms with E-state index in [-0.39, 0.29) is 11.8 Å². The number of fused-ring (bicyclic) bond motifs is 1. The third-order valence-corrected chi connectivity index (χ3v) is 4.04. The van der Waals surface area contributed by atoms with E-state index in [4.69, 9.17) is 4.74 Å². The molecule has 0 radical (unpaired) electrons. The van der Waals surface area contributed by atoms with Crippen molar-refractivity contribution in [3.05, 3.63) is 34.9 Å². The summed E-state index contributed by atoms with van der Waals surface area (Å²) >= 11 is 0. The van der Waals surface area contributed by atoms with Crippen LogP contribution in [0.15, 0.2) is 18.2 Å². The summed E-state index contributed by atoms with van der Waals surface area (Å²) in [6, 6.07) is 5.75. The Hall–Kier alpha value is -1.39. The van der Waals surface area contributed by atoms with E-state index in [0.29, 0.717) is 18.7 Å². The zero-order valence-electron chi connectivity index (χ0n) is 10.9. The van der Waals surface area contributed by atoms with E-state index in [1.807, 2.05) is 18.2 Å². The summed E-state index contributed by atoms with van der Waals surface area (Å²) in [5.41, 5.74) is 2.60. The quantitative estimate of drug-likeness (QED) is 0.846. The first-order valence-electron chi connectivity index (χ1n) is 6.92. The Labute approximate surface area is 112 Å². The van der Waals surface area contributed by atoms with E-state index in [2.05, 4.69) is 5.32 Å². The summed E-state index contributed by atoms with van der Waals surface area (Å²) < 4.78 is 5.42. The summed E-state index contributed by atoms with van der Waals surface area (Å²) in [5.74, 6) is 0.105. The van der Waals surface area contributed by atoms with Gasteiger partial charge in [0.25, 0.3) is 5.91 Å². The van der Waals surface area contributed by atoms with Gasteiger partial charge in [0.05, 0.1) is 12.7 Å². The lowest BCUT2D eigenvalue weighted by atomic mass is 9.88. The molecular weight excluding hydrogens is 242 g/mol. The number of hydrogen-bond acceptors (Lipinski definition) is 3. The standard InChI is InChI=1S/C15H19NO3/c17-14(12-2-1-7-19-9-12)11-4-3-10-5-6-16-15(18)13(10)8-11/h3-4,8,12,14,17H,1-2,5-7,9H2,(H,16,18). The minimum atomic E-state index is -0.541. The molecule has 1 amide bonds. The lowest BCUT2D eigenvalue weighted by molar-refractivity contribution is -0.00998. The normalized spacial score (nSPS) is 24.5. The summed E-state index contributed by atoms with van der Waals surface area (Å²) in [6.45, 7) is 2.09. The maximum absolute atomic E-state index is 11.8. The Morgan fingerprint density at radius 2 is 2.32 bits per heavy atom. The van der Waals surface area contributed by atoms with E-state index in [1.54, 1.807) is 0 Å². The number of nitrogens with one attached hydrogen (secondary N) is 1. The molecule has 1 fully saturated rings. The van der Waals surface area contributed by atoms with Crippen molar-refractivity contribution in [3.63, 3.8) is 0 Å². The van der Waals surface area contributed by atoms with E-state index in [1.165, 1.54) is 0 Å². The van der Waals surface area contributed by atoms with Gasteiger partial charge in [-0.25, -0.2) is 0 Å². The lowest BCUT2D eigenvalue weighted by Crippen LogP contribution is -2.32. The van der Waals surface area contributed by atoms with Crippen LogP contribution < -0.4 is 5.32 Å². The fourth-order valence-electron chi connectivity index (χ4n) is 2.90. The molecule has 1 saturated heterocycles. The van der Waals surface area contributed by atoms with Gasteiger partial charge in [-0.15, -0.1) is 0 Å². The van der Waals surface area contributed by atoms with Crippen molar-refractivity contribution in [3.8, 4) is 0 Å². The number of aliphatic hydroxyl groups is 1. The van der Waals surface area contributed by atoms with Crippen LogP contribution in [0.25, 0.3) is 0 Å². The molecule has 0 aliphatic carbocycles. The number of ether oxygens (including phenoxy) is 1. The molecule has 1 aromatic carbocycles. The van der Waals surface area contributed by atoms with Crippen LogP contribution in [0.2, 0.25) is 0 Å². The molecule has 2 unspecified atom stereocenters. The van der Waals surface area contributed by atoms with Crippen molar-refractivity contribution in [2.24, 2.45) is 5.92 Å². The zero-order valence-corrected chi connectivity index (χ0v) is 10.9. The van der Waals surface area contributed by atoms with Gasteiger partial charge in [-0.1, -0.05) is 12.1 Å². The predicted octanol–water partition coefficient (Wildman–Crippen LogP) is 1.43. The van der Waals surface area contributed by atoms with Gasteiger partial charge in [0.2, 0.25) is 0 Å². The van der Waals surface area contributed by atoms with Crippen LogP contribution in [0.1, 0.15) is 40.4 Å². The number of carbonyl (C=O) groups excluding carboxylic acids is 1. The minimum Gasteiger partial charge on any atom is -0.388 e. The first kappa shape index (κ1) is 12.6. The van der Waals surface area contributed by atoms with Gasteiger partial charge in [-0.2, -0.15) is 0 Å². The highest BCUT2D eigenvalue weighted by Gasteiger charge is 2.25. The minimum absolute atomic E-state index is 0.0322. The molecule has 2 aliphatic rings. The SMILES string of the molecule is O=C1NCCc2ccc(C(O)C3CCCOC3)cc21. The highest BCUT2D eigenvalue weighted by molar-refractivity contribution is 5.96. The lowest BCUT2D eigenvalue weighted by Gasteiger charge is -2.27. The number of benzene rings is 1. The first-order valence-corrected chi connectivity index (χ1v) is 6.92. The maximum atomic E-state index is 11.8. The van der Waals surface area contributed by atoms with E-state index < -0.39 is 6.10 Å². The highest BCUT2D eigenvalue weighted by Crippen LogP contribution is 2.30. The number of aliphatic hydroxyl groups excluding tert-OH is 1. The average molecular weight is 261 g/mol. The molecule has 102 valence electrons. The molecule has 1 aromatic rings. The van der Waals surface area contributed by atoms with Crippen molar-refractivity contribution in [1.29, 1.82) is 0 Å². The fraction of sp³-hybridized carbons (Fsp3) is 0.533. The summed E-state index contributed by atoms with van der Waals surface area (Å²) in [7, 11) is 0. The molecule has 4 nitrogen and oxygen atoms in total. The number of carbonyl (C=O) groups is 1. The zero-order chi connectivity index (χ0) is 13.2. The van der Waals surface area contributed by atoms with Crippen molar-refractivity contribution in [2.45, 2.75) is 25.4 Å². The predicted molar refractivity (Wildman–Crippen MR) is 71.0 cm³/mol. The Morgan fingerprint density at radius 1 is 1.42 bits per heavy atom. The average Bonchev–Trinajstić information content (AvgIpc) is 2.47. The smallest absolute Gasteiger partial charge is 0.251 e. The van der Waals surface area contributed by atoms with Crippen LogP contribution in [-0.2, 0) is 11.2 Å². The summed E-state index contributed by atoms with van der Waals surface area (Å²) in [5, 5.41) is 13.3. The van der Waals surface area contributed by atoms with Crippen molar-refractivity contribution in [1.82, 2.24) is 5.32 Å². The van der Waals surface area contributed by atoms with Gasteiger partial charge in [0, 0.05) is 24.6 Å². The second kappa shape index (κ2) is 5.31. The summed E-state index contributed by atoms with van der Waals surface area (Å²) in [6.07, 6.45) is 2.29. The van der Waals surface area contributed by atoms with Gasteiger partial charge in [0.15, 0.2) is 0 Å². The maximum Gasteiger partial charge on any atom is 0.251 e. The van der Waals surface area contributed by atoms with Gasteiger partial charge in [0.1, 0.15) is 0 Å². The Bertz CT molecular complexity index is 480. The Balaban J connectivity index is 1.84. The van der Waals surface area contributed by atoms with Gasteiger partial charge in [-0.3, -0.25) is 4.79 Å².